The summed E-state index contributed by atoms with van der Waals surface area (Å²) >= 11 is 0. The second-order valence-electron chi connectivity index (χ2n) is 7.12. The maximum absolute atomic E-state index is 12.3. The third-order valence-corrected chi connectivity index (χ3v) is 4.80. The van der Waals surface area contributed by atoms with Gasteiger partial charge in [0.15, 0.2) is 12.2 Å². The molecule has 0 saturated heterocycles. The number of allylic oxidation sites excluding steroid dienone is 2. The second-order valence-corrected chi connectivity index (χ2v) is 7.12. The molecule has 2 aromatic carbocycles. The van der Waals surface area contributed by atoms with Crippen LogP contribution in [0, 0.1) is 6.92 Å². The summed E-state index contributed by atoms with van der Waals surface area (Å²) < 4.78 is 5.40. The standard InChI is InChI=1S/C23H22N4O2/c1-16-5-6-18(21-14-24-15-29-21)13-20(16)17-7-9-19(10-8-17)26-22(28)27-23(2)11-3-4-12-25-23/h3-15,25H,1-2H3,(H2,26,27,28). The number of amides is 2. The Hall–Kier alpha value is -3.80. The predicted octanol–water partition coefficient (Wildman–Crippen LogP) is 4.83. The molecule has 29 heavy (non-hydrogen) atoms. The summed E-state index contributed by atoms with van der Waals surface area (Å²) in [5.41, 5.74) is 4.39. The number of urea groups is 1. The van der Waals surface area contributed by atoms with Crippen molar-refractivity contribution >= 4 is 11.7 Å². The maximum Gasteiger partial charge on any atom is 0.321 e. The molecule has 0 radical (unpaired) electrons. The number of aryl methyl sites for hydroxylation is 1. The van der Waals surface area contributed by atoms with Gasteiger partial charge in [-0.15, -0.1) is 0 Å². The van der Waals surface area contributed by atoms with E-state index in [2.05, 4.69) is 40.0 Å². The molecule has 6 heteroatoms. The average molecular weight is 386 g/mol. The molecule has 4 rings (SSSR count). The van der Waals surface area contributed by atoms with E-state index in [1.807, 2.05) is 55.5 Å². The number of oxazole rings is 1. The van der Waals surface area contributed by atoms with Crippen LogP contribution >= 0.6 is 0 Å². The molecule has 2 amide bonds. The molecule has 146 valence electrons. The lowest BCUT2D eigenvalue weighted by Gasteiger charge is -2.29. The Labute approximate surface area is 169 Å². The van der Waals surface area contributed by atoms with E-state index in [0.717, 1.165) is 28.0 Å². The molecule has 1 unspecified atom stereocenters. The van der Waals surface area contributed by atoms with Gasteiger partial charge in [0.1, 0.15) is 5.66 Å². The zero-order valence-electron chi connectivity index (χ0n) is 16.3. The molecule has 3 aromatic rings. The Morgan fingerprint density at radius 3 is 2.59 bits per heavy atom. The van der Waals surface area contributed by atoms with E-state index in [1.165, 1.54) is 6.39 Å². The van der Waals surface area contributed by atoms with Crippen LogP contribution in [-0.4, -0.2) is 16.7 Å². The van der Waals surface area contributed by atoms with E-state index in [1.54, 1.807) is 12.4 Å². The average Bonchev–Trinajstić information content (AvgIpc) is 3.24. The first-order valence-electron chi connectivity index (χ1n) is 9.34. The summed E-state index contributed by atoms with van der Waals surface area (Å²) in [5, 5.41) is 8.89. The summed E-state index contributed by atoms with van der Waals surface area (Å²) in [7, 11) is 0. The summed E-state index contributed by atoms with van der Waals surface area (Å²) in [6.07, 6.45) is 10.6. The van der Waals surface area contributed by atoms with Crippen LogP contribution in [0.25, 0.3) is 22.5 Å². The van der Waals surface area contributed by atoms with Crippen molar-refractivity contribution in [1.82, 2.24) is 15.6 Å². The van der Waals surface area contributed by atoms with Gasteiger partial charge in [0.25, 0.3) is 0 Å². The van der Waals surface area contributed by atoms with Crippen LogP contribution in [0.4, 0.5) is 10.5 Å². The molecule has 0 bridgehead atoms. The van der Waals surface area contributed by atoms with Crippen LogP contribution < -0.4 is 16.0 Å². The molecule has 1 atom stereocenters. The SMILES string of the molecule is Cc1ccc(-c2cnco2)cc1-c1ccc(NC(=O)NC2(C)C=CC=CN2)cc1. The van der Waals surface area contributed by atoms with Gasteiger partial charge in [0.05, 0.1) is 6.20 Å². The molecule has 0 fully saturated rings. The highest BCUT2D eigenvalue weighted by molar-refractivity contribution is 5.90. The minimum atomic E-state index is -0.614. The molecule has 6 nitrogen and oxygen atoms in total. The Balaban J connectivity index is 1.48. The smallest absolute Gasteiger partial charge is 0.321 e. The molecule has 3 N–H and O–H groups in total. The van der Waals surface area contributed by atoms with Gasteiger partial charge in [-0.3, -0.25) is 0 Å². The fourth-order valence-corrected chi connectivity index (χ4v) is 3.23. The van der Waals surface area contributed by atoms with Crippen molar-refractivity contribution in [3.63, 3.8) is 0 Å². The molecule has 1 aliphatic heterocycles. The second kappa shape index (κ2) is 7.67. The number of anilines is 1. The van der Waals surface area contributed by atoms with Crippen LogP contribution in [0.1, 0.15) is 12.5 Å². The van der Waals surface area contributed by atoms with Gasteiger partial charge in [-0.2, -0.15) is 0 Å². The van der Waals surface area contributed by atoms with Crippen LogP contribution in [0.2, 0.25) is 0 Å². The van der Waals surface area contributed by atoms with Crippen molar-refractivity contribution in [2.75, 3.05) is 5.32 Å². The first-order valence-corrected chi connectivity index (χ1v) is 9.34. The van der Waals surface area contributed by atoms with Crippen molar-refractivity contribution in [3.8, 4) is 22.5 Å². The Kier molecular flexibility index (Phi) is 4.91. The quantitative estimate of drug-likeness (QED) is 0.600. The van der Waals surface area contributed by atoms with E-state index in [4.69, 9.17) is 4.42 Å². The summed E-state index contributed by atoms with van der Waals surface area (Å²) in [6.45, 7) is 3.96. The van der Waals surface area contributed by atoms with E-state index in [-0.39, 0.29) is 6.03 Å². The third-order valence-electron chi connectivity index (χ3n) is 4.80. The van der Waals surface area contributed by atoms with Gasteiger partial charge in [-0.1, -0.05) is 30.3 Å². The van der Waals surface area contributed by atoms with Crippen LogP contribution in [0.15, 0.2) is 83.9 Å². The fraction of sp³-hybridized carbons (Fsp3) is 0.130. The minimum Gasteiger partial charge on any atom is -0.444 e. The summed E-state index contributed by atoms with van der Waals surface area (Å²) in [6, 6.07) is 13.6. The lowest BCUT2D eigenvalue weighted by atomic mass is 9.97. The highest BCUT2D eigenvalue weighted by Crippen LogP contribution is 2.30. The predicted molar refractivity (Wildman–Crippen MR) is 114 cm³/mol. The van der Waals surface area contributed by atoms with Crippen molar-refractivity contribution in [2.24, 2.45) is 0 Å². The van der Waals surface area contributed by atoms with Crippen LogP contribution in [0.3, 0.4) is 0 Å². The topological polar surface area (TPSA) is 79.2 Å². The zero-order valence-corrected chi connectivity index (χ0v) is 16.3. The molecule has 0 spiro atoms. The van der Waals surface area contributed by atoms with Crippen molar-refractivity contribution < 1.29 is 9.21 Å². The van der Waals surface area contributed by atoms with E-state index >= 15 is 0 Å². The summed E-state index contributed by atoms with van der Waals surface area (Å²) in [4.78, 5) is 16.3. The number of carbonyl (C=O) groups excluding carboxylic acids is 1. The van der Waals surface area contributed by atoms with Crippen molar-refractivity contribution in [3.05, 3.63) is 85.0 Å². The molecule has 0 saturated carbocycles. The van der Waals surface area contributed by atoms with Gasteiger partial charge < -0.3 is 20.4 Å². The zero-order chi connectivity index (χ0) is 20.3. The number of rotatable bonds is 4. The number of hydrogen-bond acceptors (Lipinski definition) is 4. The van der Waals surface area contributed by atoms with Crippen LogP contribution in [-0.2, 0) is 0 Å². The molecule has 1 aliphatic rings. The highest BCUT2D eigenvalue weighted by atomic mass is 16.3. The Morgan fingerprint density at radius 1 is 1.10 bits per heavy atom. The van der Waals surface area contributed by atoms with E-state index < -0.39 is 5.66 Å². The van der Waals surface area contributed by atoms with E-state index in [9.17, 15) is 4.79 Å². The van der Waals surface area contributed by atoms with Gasteiger partial charge in [-0.05, 0) is 67.1 Å². The lowest BCUT2D eigenvalue weighted by molar-refractivity contribution is 0.242. The lowest BCUT2D eigenvalue weighted by Crippen LogP contribution is -2.55. The van der Waals surface area contributed by atoms with Gasteiger partial charge in [-0.25, -0.2) is 9.78 Å². The maximum atomic E-state index is 12.3. The minimum absolute atomic E-state index is 0.281. The normalized spacial score (nSPS) is 17.6. The number of benzene rings is 2. The molecule has 2 heterocycles. The Morgan fingerprint density at radius 2 is 1.90 bits per heavy atom. The van der Waals surface area contributed by atoms with E-state index in [0.29, 0.717) is 5.69 Å². The molecular formula is C23H22N4O2. The number of aromatic nitrogens is 1. The molecule has 1 aromatic heterocycles. The highest BCUT2D eigenvalue weighted by Gasteiger charge is 2.22. The number of carbonyl (C=O) groups is 1. The van der Waals surface area contributed by atoms with Gasteiger partial charge in [0, 0.05) is 11.3 Å². The first kappa shape index (κ1) is 18.6. The monoisotopic (exact) mass is 386 g/mol. The fourth-order valence-electron chi connectivity index (χ4n) is 3.23. The van der Waals surface area contributed by atoms with Crippen molar-refractivity contribution in [1.29, 1.82) is 0 Å². The number of nitrogens with one attached hydrogen (secondary N) is 3. The first-order chi connectivity index (χ1) is 14.0. The molecule has 0 aliphatic carbocycles. The van der Waals surface area contributed by atoms with Crippen LogP contribution in [0.5, 0.6) is 0 Å². The Bertz CT molecular complexity index is 1070. The number of hydrogen-bond donors (Lipinski definition) is 3. The number of nitrogens with zero attached hydrogens (tertiary/aromatic N) is 1. The molecular weight excluding hydrogens is 364 g/mol. The number of dihydropyridines is 1. The largest absolute Gasteiger partial charge is 0.444 e. The van der Waals surface area contributed by atoms with Crippen molar-refractivity contribution in [2.45, 2.75) is 19.5 Å². The van der Waals surface area contributed by atoms with Gasteiger partial charge >= 0.3 is 6.03 Å². The summed E-state index contributed by atoms with van der Waals surface area (Å²) in [5.74, 6) is 0.731. The third kappa shape index (κ3) is 4.21. The van der Waals surface area contributed by atoms with Gasteiger partial charge in [0.2, 0.25) is 0 Å².